The fraction of sp³-hybridized carbons (Fsp3) is 0.294. The number of aromatic nitrogens is 5. The summed E-state index contributed by atoms with van der Waals surface area (Å²) in [6.07, 6.45) is 8.71. The number of hydrogen-bond donors (Lipinski definition) is 0. The highest BCUT2D eigenvalue weighted by molar-refractivity contribution is 5.92. The molecule has 3 aromatic rings. The van der Waals surface area contributed by atoms with E-state index in [0.717, 1.165) is 5.69 Å². The number of carbonyl (C=O) groups excluding carboxylic acids is 1. The van der Waals surface area contributed by atoms with E-state index in [0.29, 0.717) is 31.4 Å². The molecule has 0 saturated carbocycles. The zero-order chi connectivity index (χ0) is 17.2. The molecule has 0 fully saturated rings. The summed E-state index contributed by atoms with van der Waals surface area (Å²) in [5.74, 6) is 0.000844. The molecule has 4 heterocycles. The lowest BCUT2D eigenvalue weighted by Crippen LogP contribution is -2.43. The molecule has 4 rings (SSSR count). The molecule has 8 heteroatoms. The number of hydrogen-bond acceptors (Lipinski definition) is 5. The van der Waals surface area contributed by atoms with Crippen LogP contribution in [0.4, 0.5) is 0 Å². The molecule has 1 atom stereocenters. The summed E-state index contributed by atoms with van der Waals surface area (Å²) >= 11 is 0. The highest BCUT2D eigenvalue weighted by atomic mass is 16.5. The van der Waals surface area contributed by atoms with Gasteiger partial charge in [0.2, 0.25) is 0 Å². The summed E-state index contributed by atoms with van der Waals surface area (Å²) in [6, 6.07) is 5.72. The molecule has 0 N–H and O–H groups in total. The highest BCUT2D eigenvalue weighted by Gasteiger charge is 2.30. The molecule has 0 radical (unpaired) electrons. The Morgan fingerprint density at radius 3 is 2.92 bits per heavy atom. The first-order chi connectivity index (χ1) is 12.2. The molecular weight excluding hydrogens is 320 g/mol. The zero-order valence-electron chi connectivity index (χ0n) is 13.8. The second-order valence-corrected chi connectivity index (χ2v) is 5.98. The number of fused-ring (bicyclic) bond motifs is 1. The smallest absolute Gasteiger partial charge is 0.316 e. The quantitative estimate of drug-likeness (QED) is 0.716. The van der Waals surface area contributed by atoms with Gasteiger partial charge in [0.1, 0.15) is 12.3 Å². The first kappa shape index (κ1) is 15.4. The molecule has 0 aromatic carbocycles. The number of carbonyl (C=O) groups is 1. The molecule has 128 valence electrons. The van der Waals surface area contributed by atoms with Gasteiger partial charge in [0.15, 0.2) is 0 Å². The zero-order valence-corrected chi connectivity index (χ0v) is 13.8. The Bertz CT molecular complexity index is 872. The van der Waals surface area contributed by atoms with Crippen molar-refractivity contribution in [3.63, 3.8) is 0 Å². The molecule has 1 amide bonds. The van der Waals surface area contributed by atoms with Gasteiger partial charge in [-0.25, -0.2) is 15.0 Å². The Morgan fingerprint density at radius 2 is 2.16 bits per heavy atom. The normalized spacial score (nSPS) is 16.5. The largest absolute Gasteiger partial charge is 0.461 e. The molecular formula is C17H18N6O2. The van der Waals surface area contributed by atoms with Crippen molar-refractivity contribution in [3.8, 4) is 6.01 Å². The van der Waals surface area contributed by atoms with E-state index in [9.17, 15) is 4.79 Å². The summed E-state index contributed by atoms with van der Waals surface area (Å²) in [7, 11) is 1.87. The van der Waals surface area contributed by atoms with Gasteiger partial charge in [0.25, 0.3) is 5.91 Å². The third-order valence-corrected chi connectivity index (χ3v) is 4.32. The second kappa shape index (κ2) is 6.39. The Kier molecular flexibility index (Phi) is 3.93. The summed E-state index contributed by atoms with van der Waals surface area (Å²) in [6.45, 7) is 1.44. The third-order valence-electron chi connectivity index (χ3n) is 4.32. The van der Waals surface area contributed by atoms with E-state index in [1.54, 1.807) is 31.0 Å². The maximum Gasteiger partial charge on any atom is 0.316 e. The van der Waals surface area contributed by atoms with E-state index in [-0.39, 0.29) is 11.9 Å². The van der Waals surface area contributed by atoms with Gasteiger partial charge >= 0.3 is 6.01 Å². The van der Waals surface area contributed by atoms with Crippen LogP contribution >= 0.6 is 0 Å². The minimum Gasteiger partial charge on any atom is -0.461 e. The van der Waals surface area contributed by atoms with Crippen LogP contribution < -0.4 is 4.74 Å². The Morgan fingerprint density at radius 1 is 1.32 bits per heavy atom. The minimum atomic E-state index is -0.0423. The third kappa shape index (κ3) is 2.98. The molecule has 0 spiro atoms. The summed E-state index contributed by atoms with van der Waals surface area (Å²) in [4.78, 5) is 27.0. The minimum absolute atomic E-state index is 0.000844. The topological polar surface area (TPSA) is 78.1 Å². The number of ether oxygens (including phenoxy) is 1. The van der Waals surface area contributed by atoms with Gasteiger partial charge in [-0.05, 0) is 18.2 Å². The number of imidazole rings is 1. The van der Waals surface area contributed by atoms with Crippen LogP contribution in [0.1, 0.15) is 22.2 Å². The first-order valence-electron chi connectivity index (χ1n) is 8.03. The van der Waals surface area contributed by atoms with Crippen molar-refractivity contribution in [2.45, 2.75) is 12.6 Å². The molecule has 8 nitrogen and oxygen atoms in total. The molecule has 0 aliphatic carbocycles. The van der Waals surface area contributed by atoms with Crippen molar-refractivity contribution >= 4 is 5.91 Å². The lowest BCUT2D eigenvalue weighted by Gasteiger charge is -2.34. The Balaban J connectivity index is 1.53. The number of nitrogens with zero attached hydrogens (tertiary/aromatic N) is 6. The summed E-state index contributed by atoms with van der Waals surface area (Å²) in [5.41, 5.74) is 1.65. The Hall–Kier alpha value is -3.16. The summed E-state index contributed by atoms with van der Waals surface area (Å²) < 4.78 is 9.58. The van der Waals surface area contributed by atoms with Crippen LogP contribution in [-0.4, -0.2) is 48.0 Å². The van der Waals surface area contributed by atoms with Gasteiger partial charge in [0, 0.05) is 38.4 Å². The maximum atomic E-state index is 12.8. The van der Waals surface area contributed by atoms with E-state index in [4.69, 9.17) is 4.74 Å². The van der Waals surface area contributed by atoms with Crippen LogP contribution in [0.3, 0.4) is 0 Å². The van der Waals surface area contributed by atoms with Crippen LogP contribution in [0.2, 0.25) is 0 Å². The number of amides is 1. The van der Waals surface area contributed by atoms with E-state index < -0.39 is 0 Å². The average molecular weight is 338 g/mol. The van der Waals surface area contributed by atoms with Crippen LogP contribution in [0.5, 0.6) is 6.01 Å². The number of rotatable bonds is 4. The highest BCUT2D eigenvalue weighted by Crippen LogP contribution is 2.23. The Labute approximate surface area is 144 Å². The monoisotopic (exact) mass is 338 g/mol. The van der Waals surface area contributed by atoms with Gasteiger partial charge in [-0.15, -0.1) is 0 Å². The summed E-state index contributed by atoms with van der Waals surface area (Å²) in [5, 5.41) is 0. The average Bonchev–Trinajstić information content (AvgIpc) is 3.28. The van der Waals surface area contributed by atoms with Gasteiger partial charge in [-0.1, -0.05) is 0 Å². The van der Waals surface area contributed by atoms with Crippen molar-refractivity contribution in [1.82, 2.24) is 29.0 Å². The number of aryl methyl sites for hydroxylation is 1. The van der Waals surface area contributed by atoms with Crippen molar-refractivity contribution < 1.29 is 9.53 Å². The predicted octanol–water partition coefficient (Wildman–Crippen LogP) is 1.29. The SMILES string of the molecule is Cn1cccc1C(=O)N1Cc2cncn2C(COc2ncccn2)C1. The van der Waals surface area contributed by atoms with Crippen molar-refractivity contribution in [2.24, 2.45) is 7.05 Å². The molecule has 0 bridgehead atoms. The molecule has 3 aromatic heterocycles. The fourth-order valence-electron chi connectivity index (χ4n) is 3.05. The van der Waals surface area contributed by atoms with Crippen molar-refractivity contribution in [2.75, 3.05) is 13.2 Å². The lowest BCUT2D eigenvalue weighted by molar-refractivity contribution is 0.0634. The molecule has 1 unspecified atom stereocenters. The maximum absolute atomic E-state index is 12.8. The van der Waals surface area contributed by atoms with E-state index in [2.05, 4.69) is 19.5 Å². The van der Waals surface area contributed by atoms with Gasteiger partial charge in [0.05, 0.1) is 24.6 Å². The lowest BCUT2D eigenvalue weighted by atomic mass is 10.2. The second-order valence-electron chi connectivity index (χ2n) is 5.98. The van der Waals surface area contributed by atoms with Crippen LogP contribution in [0.25, 0.3) is 0 Å². The molecule has 0 saturated heterocycles. The van der Waals surface area contributed by atoms with Crippen LogP contribution in [0.15, 0.2) is 49.3 Å². The molecule has 1 aliphatic heterocycles. The van der Waals surface area contributed by atoms with Gasteiger partial charge in [-0.2, -0.15) is 0 Å². The van der Waals surface area contributed by atoms with E-state index >= 15 is 0 Å². The predicted molar refractivity (Wildman–Crippen MR) is 88.9 cm³/mol. The van der Waals surface area contributed by atoms with Crippen LogP contribution in [-0.2, 0) is 13.6 Å². The standard InChI is InChI=1S/C17H18N6O2/c1-21-7-2-4-15(21)16(24)22-9-13-8-18-12-23(13)14(10-22)11-25-17-19-5-3-6-20-17/h2-8,12,14H,9-11H2,1H3. The molecule has 25 heavy (non-hydrogen) atoms. The molecule has 1 aliphatic rings. The fourth-order valence-corrected chi connectivity index (χ4v) is 3.05. The van der Waals surface area contributed by atoms with Crippen LogP contribution in [0, 0.1) is 0 Å². The van der Waals surface area contributed by atoms with E-state index in [1.165, 1.54) is 0 Å². The van der Waals surface area contributed by atoms with Crippen molar-refractivity contribution in [1.29, 1.82) is 0 Å². The van der Waals surface area contributed by atoms with Gasteiger partial charge in [-0.3, -0.25) is 4.79 Å². The van der Waals surface area contributed by atoms with Crippen molar-refractivity contribution in [3.05, 3.63) is 60.7 Å². The van der Waals surface area contributed by atoms with E-state index in [1.807, 2.05) is 34.8 Å². The first-order valence-corrected chi connectivity index (χ1v) is 8.03. The van der Waals surface area contributed by atoms with Gasteiger partial charge < -0.3 is 18.8 Å².